The largest absolute Gasteiger partial charge is 0.465 e. The monoisotopic (exact) mass is 270 g/mol. The van der Waals surface area contributed by atoms with Crippen molar-refractivity contribution in [1.29, 1.82) is 0 Å². The van der Waals surface area contributed by atoms with E-state index in [9.17, 15) is 4.79 Å². The Morgan fingerprint density at radius 2 is 2.00 bits per heavy atom. The average molecular weight is 270 g/mol. The van der Waals surface area contributed by atoms with Crippen molar-refractivity contribution in [1.82, 2.24) is 10.2 Å². The maximum Gasteiger partial charge on any atom is 0.323 e. The van der Waals surface area contributed by atoms with Gasteiger partial charge >= 0.3 is 5.97 Å². The lowest BCUT2D eigenvalue weighted by atomic mass is 9.95. The van der Waals surface area contributed by atoms with Crippen LogP contribution in [0.1, 0.15) is 46.5 Å². The summed E-state index contributed by atoms with van der Waals surface area (Å²) in [6.45, 7) is 10.9. The SMILES string of the molecule is CCCNCC1CCN(C(CC)C(=O)OCC)CC1. The molecule has 0 saturated carbocycles. The van der Waals surface area contributed by atoms with Gasteiger partial charge in [-0.25, -0.2) is 0 Å². The van der Waals surface area contributed by atoms with Crippen LogP contribution in [-0.4, -0.2) is 49.7 Å². The maximum atomic E-state index is 11.9. The van der Waals surface area contributed by atoms with Gasteiger partial charge in [-0.1, -0.05) is 13.8 Å². The first-order chi connectivity index (χ1) is 9.22. The van der Waals surface area contributed by atoms with Gasteiger partial charge in [0.25, 0.3) is 0 Å². The first kappa shape index (κ1) is 16.4. The van der Waals surface area contributed by atoms with E-state index in [0.717, 1.165) is 38.5 Å². The minimum Gasteiger partial charge on any atom is -0.465 e. The van der Waals surface area contributed by atoms with E-state index in [2.05, 4.69) is 24.1 Å². The van der Waals surface area contributed by atoms with Crippen LogP contribution < -0.4 is 5.32 Å². The third kappa shape index (κ3) is 5.49. The maximum absolute atomic E-state index is 11.9. The summed E-state index contributed by atoms with van der Waals surface area (Å²) in [5, 5.41) is 3.50. The molecule has 1 fully saturated rings. The van der Waals surface area contributed by atoms with E-state index in [1.54, 1.807) is 0 Å². The molecule has 1 N–H and O–H groups in total. The molecule has 1 saturated heterocycles. The molecule has 1 unspecified atom stereocenters. The number of carbonyl (C=O) groups excluding carboxylic acids is 1. The molecule has 112 valence electrons. The topological polar surface area (TPSA) is 41.6 Å². The Morgan fingerprint density at radius 1 is 1.32 bits per heavy atom. The molecule has 0 aromatic carbocycles. The third-order valence-corrected chi connectivity index (χ3v) is 3.90. The molecule has 0 aromatic heterocycles. The standard InChI is InChI=1S/C15H30N2O2/c1-4-9-16-12-13-7-10-17(11-8-13)14(5-2)15(18)19-6-3/h13-14,16H,4-12H2,1-3H3. The number of esters is 1. The third-order valence-electron chi connectivity index (χ3n) is 3.90. The predicted molar refractivity (Wildman–Crippen MR) is 78.2 cm³/mol. The molecule has 0 spiro atoms. The summed E-state index contributed by atoms with van der Waals surface area (Å²) in [4.78, 5) is 14.2. The van der Waals surface area contributed by atoms with E-state index in [1.807, 2.05) is 6.92 Å². The van der Waals surface area contributed by atoms with Gasteiger partial charge in [-0.3, -0.25) is 9.69 Å². The Morgan fingerprint density at radius 3 is 2.53 bits per heavy atom. The number of ether oxygens (including phenoxy) is 1. The fourth-order valence-electron chi connectivity index (χ4n) is 2.76. The molecule has 0 aliphatic carbocycles. The number of hydrogen-bond donors (Lipinski definition) is 1. The van der Waals surface area contributed by atoms with Crippen LogP contribution in [0.25, 0.3) is 0 Å². The Bertz CT molecular complexity index is 251. The number of likely N-dealkylation sites (tertiary alicyclic amines) is 1. The van der Waals surface area contributed by atoms with Crippen LogP contribution in [-0.2, 0) is 9.53 Å². The van der Waals surface area contributed by atoms with Crippen molar-refractivity contribution in [3.05, 3.63) is 0 Å². The highest BCUT2D eigenvalue weighted by Crippen LogP contribution is 2.20. The summed E-state index contributed by atoms with van der Waals surface area (Å²) < 4.78 is 5.16. The number of piperidine rings is 1. The number of nitrogens with one attached hydrogen (secondary N) is 1. The highest BCUT2D eigenvalue weighted by Gasteiger charge is 2.29. The molecule has 4 nitrogen and oxygen atoms in total. The average Bonchev–Trinajstić information content (AvgIpc) is 2.42. The molecule has 1 atom stereocenters. The first-order valence-electron chi connectivity index (χ1n) is 7.84. The van der Waals surface area contributed by atoms with Crippen molar-refractivity contribution in [3.63, 3.8) is 0 Å². The van der Waals surface area contributed by atoms with Crippen molar-refractivity contribution in [2.75, 3.05) is 32.8 Å². The summed E-state index contributed by atoms with van der Waals surface area (Å²) in [5.41, 5.74) is 0. The molecule has 0 aromatic rings. The fraction of sp³-hybridized carbons (Fsp3) is 0.933. The molecule has 0 amide bonds. The van der Waals surface area contributed by atoms with Gasteiger partial charge < -0.3 is 10.1 Å². The van der Waals surface area contributed by atoms with Crippen molar-refractivity contribution >= 4 is 5.97 Å². The van der Waals surface area contributed by atoms with Crippen LogP contribution in [0.2, 0.25) is 0 Å². The van der Waals surface area contributed by atoms with Crippen LogP contribution in [0.4, 0.5) is 0 Å². The second-order valence-corrected chi connectivity index (χ2v) is 5.36. The zero-order valence-corrected chi connectivity index (χ0v) is 12.8. The highest BCUT2D eigenvalue weighted by atomic mass is 16.5. The lowest BCUT2D eigenvalue weighted by molar-refractivity contribution is -0.150. The summed E-state index contributed by atoms with van der Waals surface area (Å²) in [6, 6.07) is -0.0375. The molecule has 1 rings (SSSR count). The predicted octanol–water partition coefficient (Wildman–Crippen LogP) is 2.04. The molecule has 19 heavy (non-hydrogen) atoms. The first-order valence-corrected chi connectivity index (χ1v) is 7.84. The van der Waals surface area contributed by atoms with Crippen molar-refractivity contribution in [2.24, 2.45) is 5.92 Å². The van der Waals surface area contributed by atoms with E-state index < -0.39 is 0 Å². The molecular formula is C15H30N2O2. The Balaban J connectivity index is 2.32. The van der Waals surface area contributed by atoms with E-state index >= 15 is 0 Å². The van der Waals surface area contributed by atoms with Gasteiger partial charge in [0.05, 0.1) is 6.61 Å². The highest BCUT2D eigenvalue weighted by molar-refractivity contribution is 5.75. The quantitative estimate of drug-likeness (QED) is 0.541. The molecule has 1 aliphatic heterocycles. The number of nitrogens with zero attached hydrogens (tertiary/aromatic N) is 1. The number of rotatable bonds is 8. The van der Waals surface area contributed by atoms with E-state index in [-0.39, 0.29) is 12.0 Å². The van der Waals surface area contributed by atoms with Crippen LogP contribution in [0.15, 0.2) is 0 Å². The van der Waals surface area contributed by atoms with Gasteiger partial charge in [-0.05, 0) is 64.7 Å². The van der Waals surface area contributed by atoms with Gasteiger partial charge in [0.2, 0.25) is 0 Å². The lowest BCUT2D eigenvalue weighted by Gasteiger charge is -2.36. The van der Waals surface area contributed by atoms with E-state index in [0.29, 0.717) is 6.61 Å². The summed E-state index contributed by atoms with van der Waals surface area (Å²) in [5.74, 6) is 0.718. The Hall–Kier alpha value is -0.610. The molecule has 4 heteroatoms. The van der Waals surface area contributed by atoms with Crippen LogP contribution >= 0.6 is 0 Å². The second kappa shape index (κ2) is 9.32. The molecule has 0 radical (unpaired) electrons. The van der Waals surface area contributed by atoms with Crippen LogP contribution in [0.3, 0.4) is 0 Å². The Labute approximate surface area is 117 Å². The molecule has 0 bridgehead atoms. The van der Waals surface area contributed by atoms with Gasteiger partial charge in [-0.2, -0.15) is 0 Å². The normalized spacial score (nSPS) is 19.3. The van der Waals surface area contributed by atoms with Gasteiger partial charge in [0, 0.05) is 0 Å². The minimum atomic E-state index is -0.0486. The van der Waals surface area contributed by atoms with Gasteiger partial charge in [0.15, 0.2) is 0 Å². The molecule has 1 aliphatic rings. The lowest BCUT2D eigenvalue weighted by Crippen LogP contribution is -2.47. The minimum absolute atomic E-state index is 0.0375. The number of hydrogen-bond acceptors (Lipinski definition) is 4. The van der Waals surface area contributed by atoms with Crippen molar-refractivity contribution < 1.29 is 9.53 Å². The second-order valence-electron chi connectivity index (χ2n) is 5.36. The van der Waals surface area contributed by atoms with Crippen molar-refractivity contribution in [2.45, 2.75) is 52.5 Å². The van der Waals surface area contributed by atoms with Crippen LogP contribution in [0.5, 0.6) is 0 Å². The molecular weight excluding hydrogens is 240 g/mol. The zero-order chi connectivity index (χ0) is 14.1. The summed E-state index contributed by atoms with van der Waals surface area (Å²) in [6.07, 6.45) is 4.41. The fourth-order valence-corrected chi connectivity index (χ4v) is 2.76. The smallest absolute Gasteiger partial charge is 0.323 e. The van der Waals surface area contributed by atoms with Crippen molar-refractivity contribution in [3.8, 4) is 0 Å². The summed E-state index contributed by atoms with van der Waals surface area (Å²) in [7, 11) is 0. The van der Waals surface area contributed by atoms with Gasteiger partial charge in [-0.15, -0.1) is 0 Å². The summed E-state index contributed by atoms with van der Waals surface area (Å²) >= 11 is 0. The van der Waals surface area contributed by atoms with Crippen LogP contribution in [0, 0.1) is 5.92 Å². The van der Waals surface area contributed by atoms with Gasteiger partial charge in [0.1, 0.15) is 6.04 Å². The Kier molecular flexibility index (Phi) is 8.07. The van der Waals surface area contributed by atoms with E-state index in [4.69, 9.17) is 4.74 Å². The zero-order valence-electron chi connectivity index (χ0n) is 12.8. The van der Waals surface area contributed by atoms with E-state index in [1.165, 1.54) is 19.3 Å². The number of carbonyl (C=O) groups is 1. The molecule has 1 heterocycles.